The number of halogens is 1. The van der Waals surface area contributed by atoms with E-state index in [1.54, 1.807) is 30.5 Å². The van der Waals surface area contributed by atoms with Gasteiger partial charge >= 0.3 is 0 Å². The molecule has 51 heavy (non-hydrogen) atoms. The van der Waals surface area contributed by atoms with Crippen LogP contribution in [0.3, 0.4) is 0 Å². The second kappa shape index (κ2) is 18.1. The number of ether oxygens (including phenoxy) is 5. The maximum Gasteiger partial charge on any atom is 0.256 e. The smallest absolute Gasteiger partial charge is 0.256 e. The first kappa shape index (κ1) is 37.0. The van der Waals surface area contributed by atoms with Crippen molar-refractivity contribution in [1.82, 2.24) is 39.4 Å². The van der Waals surface area contributed by atoms with E-state index in [9.17, 15) is 0 Å². The average molecular weight is 724 g/mol. The average Bonchev–Trinajstić information content (AvgIpc) is 3.79. The number of morpholine rings is 1. The fourth-order valence-corrected chi connectivity index (χ4v) is 6.97. The molecule has 1 aliphatic heterocycles. The number of anilines is 2. The van der Waals surface area contributed by atoms with Gasteiger partial charge in [0.1, 0.15) is 30.2 Å². The van der Waals surface area contributed by atoms with Crippen molar-refractivity contribution in [3.8, 4) is 22.8 Å². The van der Waals surface area contributed by atoms with Gasteiger partial charge in [0.2, 0.25) is 5.95 Å². The van der Waals surface area contributed by atoms with Gasteiger partial charge in [-0.15, -0.1) is 5.10 Å². The van der Waals surface area contributed by atoms with Crippen LogP contribution in [0.1, 0.15) is 58.9 Å². The summed E-state index contributed by atoms with van der Waals surface area (Å²) in [5.41, 5.74) is 2.44. The Morgan fingerprint density at radius 3 is 2.47 bits per heavy atom. The molecular weight excluding hydrogens is 674 g/mol. The first-order valence-corrected chi connectivity index (χ1v) is 18.3. The molecule has 1 saturated heterocycles. The summed E-state index contributed by atoms with van der Waals surface area (Å²) >= 11 is 6.49. The van der Waals surface area contributed by atoms with Crippen molar-refractivity contribution in [3.63, 3.8) is 0 Å². The molecule has 14 nitrogen and oxygen atoms in total. The minimum atomic E-state index is -0.171. The number of rotatable bonds is 17. The number of hydrogen-bond acceptors (Lipinski definition) is 12. The molecule has 2 fully saturated rings. The number of nitrogens with one attached hydrogen (secondary N) is 1. The van der Waals surface area contributed by atoms with Gasteiger partial charge in [-0.05, 0) is 64.2 Å². The van der Waals surface area contributed by atoms with Crippen molar-refractivity contribution < 1.29 is 23.7 Å². The Morgan fingerprint density at radius 2 is 1.75 bits per heavy atom. The summed E-state index contributed by atoms with van der Waals surface area (Å²) in [6.45, 7) is 11.0. The topological polar surface area (TPSA) is 136 Å². The molecule has 1 aromatic carbocycles. The summed E-state index contributed by atoms with van der Waals surface area (Å²) in [4.78, 5) is 15.9. The maximum absolute atomic E-state index is 6.49. The van der Waals surface area contributed by atoms with Crippen molar-refractivity contribution in [2.75, 3.05) is 51.9 Å². The monoisotopic (exact) mass is 723 g/mol. The van der Waals surface area contributed by atoms with Crippen LogP contribution in [0, 0.1) is 0 Å². The Morgan fingerprint density at radius 1 is 0.980 bits per heavy atom. The van der Waals surface area contributed by atoms with Crippen LogP contribution in [-0.4, -0.2) is 110 Å². The molecule has 0 bridgehead atoms. The van der Waals surface area contributed by atoms with Gasteiger partial charge in [-0.1, -0.05) is 17.7 Å². The fraction of sp³-hybridized carbons (Fsp3) is 0.583. The second-order valence-electron chi connectivity index (χ2n) is 13.4. The molecular formula is C36H50ClN9O5. The predicted molar refractivity (Wildman–Crippen MR) is 194 cm³/mol. The molecule has 6 rings (SSSR count). The molecule has 15 heteroatoms. The summed E-state index contributed by atoms with van der Waals surface area (Å²) in [5, 5.41) is 12.9. The molecule has 0 radical (unpaired) electrons. The lowest BCUT2D eigenvalue weighted by Gasteiger charge is -2.42. The summed E-state index contributed by atoms with van der Waals surface area (Å²) in [6, 6.07) is 6.51. The van der Waals surface area contributed by atoms with E-state index in [1.165, 1.54) is 6.33 Å². The van der Waals surface area contributed by atoms with Crippen LogP contribution in [0.4, 0.5) is 11.6 Å². The SMILES string of the molecule is COCCOCCCOc1nn([C@H]2CC[C@H](N3C[C@@H](C)O[C@@H](C)C3)CC2)cc1Nc1ncc(-c2ccc(Cl)c(O[C@@H](C)Cn3cncn3)c2)cn1. The van der Waals surface area contributed by atoms with E-state index in [1.807, 2.05) is 31.3 Å². The number of hydrogen-bond donors (Lipinski definition) is 1. The third-order valence-corrected chi connectivity index (χ3v) is 9.52. The molecule has 1 N–H and O–H groups in total. The molecule has 3 atom stereocenters. The van der Waals surface area contributed by atoms with E-state index in [4.69, 9.17) is 40.4 Å². The van der Waals surface area contributed by atoms with Crippen LogP contribution in [0.15, 0.2) is 49.4 Å². The number of methoxy groups -OCH3 is 1. The van der Waals surface area contributed by atoms with Crippen LogP contribution in [0.5, 0.6) is 11.6 Å². The quantitative estimate of drug-likeness (QED) is 0.132. The van der Waals surface area contributed by atoms with Crippen LogP contribution >= 0.6 is 11.6 Å². The first-order valence-electron chi connectivity index (χ1n) is 17.9. The molecule has 0 spiro atoms. The van der Waals surface area contributed by atoms with Crippen LogP contribution in [0.2, 0.25) is 5.02 Å². The van der Waals surface area contributed by atoms with E-state index in [0.29, 0.717) is 61.6 Å². The van der Waals surface area contributed by atoms with Gasteiger partial charge in [-0.25, -0.2) is 19.6 Å². The van der Waals surface area contributed by atoms with Crippen LogP contribution in [-0.2, 0) is 20.8 Å². The molecule has 1 saturated carbocycles. The Kier molecular flexibility index (Phi) is 13.1. The third kappa shape index (κ3) is 10.4. The molecule has 1 aliphatic carbocycles. The van der Waals surface area contributed by atoms with Crippen molar-refractivity contribution in [2.45, 2.75) is 89.8 Å². The Balaban J connectivity index is 1.10. The molecule has 276 valence electrons. The highest BCUT2D eigenvalue weighted by molar-refractivity contribution is 6.32. The molecule has 4 aromatic rings. The van der Waals surface area contributed by atoms with Gasteiger partial charge in [0.05, 0.1) is 55.8 Å². The van der Waals surface area contributed by atoms with Gasteiger partial charge in [-0.3, -0.25) is 9.58 Å². The fourth-order valence-electron chi connectivity index (χ4n) is 6.81. The Hall–Kier alpha value is -3.82. The van der Waals surface area contributed by atoms with Gasteiger partial charge < -0.3 is 29.0 Å². The summed E-state index contributed by atoms with van der Waals surface area (Å²) < 4.78 is 32.8. The molecule has 0 amide bonds. The van der Waals surface area contributed by atoms with E-state index in [0.717, 1.165) is 62.0 Å². The molecule has 0 unspecified atom stereocenters. The van der Waals surface area contributed by atoms with E-state index >= 15 is 0 Å². The van der Waals surface area contributed by atoms with Crippen molar-refractivity contribution in [3.05, 3.63) is 54.5 Å². The zero-order valence-corrected chi connectivity index (χ0v) is 30.7. The van der Waals surface area contributed by atoms with Gasteiger partial charge in [0, 0.05) is 57.2 Å². The Labute approximate surface area is 304 Å². The van der Waals surface area contributed by atoms with Gasteiger partial charge in [0.25, 0.3) is 5.88 Å². The number of aromatic nitrogens is 7. The summed E-state index contributed by atoms with van der Waals surface area (Å²) in [5.74, 6) is 1.54. The highest BCUT2D eigenvalue weighted by Gasteiger charge is 2.32. The van der Waals surface area contributed by atoms with E-state index in [-0.39, 0.29) is 24.4 Å². The number of benzene rings is 1. The zero-order valence-electron chi connectivity index (χ0n) is 30.0. The molecule has 3 aromatic heterocycles. The zero-order chi connectivity index (χ0) is 35.6. The van der Waals surface area contributed by atoms with Crippen LogP contribution in [0.25, 0.3) is 11.1 Å². The molecule has 4 heterocycles. The largest absolute Gasteiger partial charge is 0.487 e. The van der Waals surface area contributed by atoms with E-state index in [2.05, 4.69) is 48.8 Å². The van der Waals surface area contributed by atoms with Crippen molar-refractivity contribution in [2.24, 2.45) is 0 Å². The highest BCUT2D eigenvalue weighted by atomic mass is 35.5. The van der Waals surface area contributed by atoms with E-state index < -0.39 is 0 Å². The standard InChI is InChI=1S/C36H50ClN9O5/c1-25-19-44(20-26(2)50-25)30-7-9-31(10-8-30)46-22-33(35(43-46)49-13-5-12-48-15-14-47-4)42-36-39-17-29(18-40-36)28-6-11-32(37)34(16-28)51-27(3)21-45-24-38-23-41-45/h6,11,16-18,22-27,30-31H,5,7-10,12-15,19-21H2,1-4H3,(H,39,40,42)/t25-,26+,27-,30-,31-/m0/s1. The van der Waals surface area contributed by atoms with Gasteiger partial charge in [0.15, 0.2) is 0 Å². The lowest BCUT2D eigenvalue weighted by Crippen LogP contribution is -2.51. The van der Waals surface area contributed by atoms with Crippen molar-refractivity contribution >= 4 is 23.2 Å². The molecule has 2 aliphatic rings. The lowest BCUT2D eigenvalue weighted by atomic mass is 9.89. The summed E-state index contributed by atoms with van der Waals surface area (Å²) in [7, 11) is 1.67. The highest BCUT2D eigenvalue weighted by Crippen LogP contribution is 2.36. The Bertz CT molecular complexity index is 1620. The second-order valence-corrected chi connectivity index (χ2v) is 13.8. The third-order valence-electron chi connectivity index (χ3n) is 9.21. The maximum atomic E-state index is 6.49. The van der Waals surface area contributed by atoms with Gasteiger partial charge in [-0.2, -0.15) is 5.10 Å². The number of nitrogens with zero attached hydrogens (tertiary/aromatic N) is 8. The summed E-state index contributed by atoms with van der Waals surface area (Å²) in [6.07, 6.45) is 14.2. The predicted octanol–water partition coefficient (Wildman–Crippen LogP) is 5.82. The first-order chi connectivity index (χ1) is 24.8. The van der Waals surface area contributed by atoms with Crippen molar-refractivity contribution in [1.29, 1.82) is 0 Å². The normalized spacial score (nSPS) is 21.7. The lowest BCUT2D eigenvalue weighted by molar-refractivity contribution is -0.0852. The minimum Gasteiger partial charge on any atom is -0.487 e. The van der Waals surface area contributed by atoms with Crippen LogP contribution < -0.4 is 14.8 Å². The minimum absolute atomic E-state index is 0.171.